The van der Waals surface area contributed by atoms with Gasteiger partial charge in [-0.05, 0) is 74.6 Å². The van der Waals surface area contributed by atoms with Crippen molar-refractivity contribution in [1.29, 1.82) is 0 Å². The van der Waals surface area contributed by atoms with Crippen molar-refractivity contribution in [2.45, 2.75) is 39.2 Å². The van der Waals surface area contributed by atoms with Gasteiger partial charge in [0.15, 0.2) is 0 Å². The average molecular weight is 415 g/mol. The third-order valence-corrected chi connectivity index (χ3v) is 6.14. The number of carbonyl (C=O) groups is 1. The maximum Gasteiger partial charge on any atom is 0.251 e. The second-order valence-corrected chi connectivity index (χ2v) is 7.99. The Morgan fingerprint density at radius 2 is 1.94 bits per heavy atom. The molecule has 1 amide bonds. The number of benzene rings is 2. The minimum absolute atomic E-state index is 0.0464. The summed E-state index contributed by atoms with van der Waals surface area (Å²) in [6.45, 7) is 6.09. The highest BCUT2D eigenvalue weighted by molar-refractivity contribution is 5.96. The van der Waals surface area contributed by atoms with Gasteiger partial charge in [0.1, 0.15) is 0 Å². The Balaban J connectivity index is 1.60. The van der Waals surface area contributed by atoms with Gasteiger partial charge < -0.3 is 16.0 Å². The first-order valence-corrected chi connectivity index (χ1v) is 11.1. The predicted molar refractivity (Wildman–Crippen MR) is 127 cm³/mol. The van der Waals surface area contributed by atoms with Crippen molar-refractivity contribution in [2.24, 2.45) is 0 Å². The van der Waals surface area contributed by atoms with Gasteiger partial charge in [0.05, 0.1) is 11.7 Å². The molecule has 1 aliphatic rings. The van der Waals surface area contributed by atoms with Crippen LogP contribution in [0.5, 0.6) is 0 Å². The van der Waals surface area contributed by atoms with E-state index in [0.717, 1.165) is 43.6 Å². The fraction of sp³-hybridized carbons (Fsp3) is 0.308. The fourth-order valence-corrected chi connectivity index (χ4v) is 4.42. The highest BCUT2D eigenvalue weighted by atomic mass is 16.1. The molecule has 1 atom stereocenters. The number of aromatic nitrogens is 1. The van der Waals surface area contributed by atoms with Gasteiger partial charge in [-0.15, -0.1) is 0 Å². The van der Waals surface area contributed by atoms with Gasteiger partial charge in [-0.25, -0.2) is 0 Å². The summed E-state index contributed by atoms with van der Waals surface area (Å²) in [5.41, 5.74) is 12.7. The van der Waals surface area contributed by atoms with E-state index in [1.54, 1.807) is 12.3 Å². The summed E-state index contributed by atoms with van der Waals surface area (Å²) >= 11 is 0. The summed E-state index contributed by atoms with van der Waals surface area (Å²) < 4.78 is 0. The van der Waals surface area contributed by atoms with Crippen LogP contribution in [0.25, 0.3) is 11.3 Å². The normalized spacial score (nSPS) is 15.2. The second kappa shape index (κ2) is 9.21. The number of aryl methyl sites for hydroxylation is 1. The zero-order valence-corrected chi connectivity index (χ0v) is 18.3. The summed E-state index contributed by atoms with van der Waals surface area (Å²) in [5, 5.41) is 3.23. The molecular weight excluding hydrogens is 384 g/mol. The van der Waals surface area contributed by atoms with E-state index in [0.29, 0.717) is 16.9 Å². The van der Waals surface area contributed by atoms with E-state index in [-0.39, 0.29) is 11.9 Å². The number of nitrogens with two attached hydrogens (primary N) is 1. The number of hydrogen-bond donors (Lipinski definition) is 2. The lowest BCUT2D eigenvalue weighted by atomic mass is 9.87. The molecule has 1 heterocycles. The third kappa shape index (κ3) is 4.41. The molecule has 2 aromatic carbocycles. The van der Waals surface area contributed by atoms with E-state index in [1.807, 2.05) is 24.3 Å². The lowest BCUT2D eigenvalue weighted by molar-refractivity contribution is 0.0932. The molecule has 31 heavy (non-hydrogen) atoms. The van der Waals surface area contributed by atoms with Crippen LogP contribution < -0.4 is 16.0 Å². The van der Waals surface area contributed by atoms with Crippen LogP contribution in [0.1, 0.15) is 54.2 Å². The Labute approximate surface area is 184 Å². The summed E-state index contributed by atoms with van der Waals surface area (Å²) in [7, 11) is 0. The van der Waals surface area contributed by atoms with Gasteiger partial charge in [-0.3, -0.25) is 9.78 Å². The number of amides is 1. The molecule has 3 N–H and O–H groups in total. The smallest absolute Gasteiger partial charge is 0.251 e. The number of hydrogen-bond acceptors (Lipinski definition) is 4. The van der Waals surface area contributed by atoms with Crippen molar-refractivity contribution >= 4 is 17.3 Å². The lowest BCUT2D eigenvalue weighted by Crippen LogP contribution is -2.31. The summed E-state index contributed by atoms with van der Waals surface area (Å²) in [5.74, 6) is -0.0798. The van der Waals surface area contributed by atoms with Gasteiger partial charge in [-0.2, -0.15) is 0 Å². The van der Waals surface area contributed by atoms with E-state index >= 15 is 0 Å². The molecular formula is C26H30N4O. The Hall–Kier alpha value is -3.34. The van der Waals surface area contributed by atoms with Gasteiger partial charge in [-0.1, -0.05) is 24.3 Å². The second-order valence-electron chi connectivity index (χ2n) is 7.99. The van der Waals surface area contributed by atoms with Crippen molar-refractivity contribution in [3.05, 3.63) is 77.5 Å². The van der Waals surface area contributed by atoms with E-state index in [2.05, 4.69) is 53.3 Å². The predicted octanol–water partition coefficient (Wildman–Crippen LogP) is 4.98. The number of nitrogen functional groups attached to an aromatic ring is 1. The first kappa shape index (κ1) is 20.9. The van der Waals surface area contributed by atoms with E-state index in [4.69, 9.17) is 5.73 Å². The monoisotopic (exact) mass is 414 g/mol. The van der Waals surface area contributed by atoms with Crippen molar-refractivity contribution in [3.63, 3.8) is 0 Å². The van der Waals surface area contributed by atoms with Crippen LogP contribution in [0.15, 0.2) is 60.8 Å². The zero-order chi connectivity index (χ0) is 21.8. The number of pyridine rings is 1. The highest BCUT2D eigenvalue weighted by Crippen LogP contribution is 2.31. The topological polar surface area (TPSA) is 71.2 Å². The van der Waals surface area contributed by atoms with Crippen LogP contribution in [0.3, 0.4) is 0 Å². The fourth-order valence-electron chi connectivity index (χ4n) is 4.42. The van der Waals surface area contributed by atoms with Crippen LogP contribution in [0.2, 0.25) is 0 Å². The molecule has 0 radical (unpaired) electrons. The first-order valence-electron chi connectivity index (χ1n) is 11.1. The molecule has 0 fully saturated rings. The lowest BCUT2D eigenvalue weighted by Gasteiger charge is -2.26. The highest BCUT2D eigenvalue weighted by Gasteiger charge is 2.22. The summed E-state index contributed by atoms with van der Waals surface area (Å²) in [6.07, 6.45) is 4.80. The van der Waals surface area contributed by atoms with Gasteiger partial charge in [0.25, 0.3) is 5.91 Å². The van der Waals surface area contributed by atoms with Crippen LogP contribution in [0, 0.1) is 0 Å². The molecule has 5 heteroatoms. The molecule has 160 valence electrons. The largest absolute Gasteiger partial charge is 0.398 e. The zero-order valence-electron chi connectivity index (χ0n) is 18.3. The molecule has 1 aliphatic carbocycles. The van der Waals surface area contributed by atoms with Crippen LogP contribution >= 0.6 is 0 Å². The van der Waals surface area contributed by atoms with E-state index in [1.165, 1.54) is 11.1 Å². The molecule has 5 nitrogen and oxygen atoms in total. The maximum atomic E-state index is 13.1. The Kier molecular flexibility index (Phi) is 6.21. The molecule has 0 bridgehead atoms. The number of carbonyl (C=O) groups excluding carboxylic acids is 1. The standard InChI is InChI=1S/C26H30N4O/c1-3-30(4-2)20-12-13-23(27)22(17-20)25-16-19(14-15-28-25)26(31)29-24-11-7-9-18-8-5-6-10-21(18)24/h5-6,8,10,12-17,24H,3-4,7,9,11,27H2,1-2H3,(H,29,31)/t24-/m0/s1. The molecule has 0 saturated heterocycles. The number of anilines is 2. The van der Waals surface area contributed by atoms with Crippen molar-refractivity contribution in [1.82, 2.24) is 10.3 Å². The minimum atomic E-state index is -0.0798. The van der Waals surface area contributed by atoms with Crippen molar-refractivity contribution in [3.8, 4) is 11.3 Å². The summed E-state index contributed by atoms with van der Waals surface area (Å²) in [6, 6.07) is 18.0. The summed E-state index contributed by atoms with van der Waals surface area (Å²) in [4.78, 5) is 19.9. The third-order valence-electron chi connectivity index (χ3n) is 6.14. The van der Waals surface area contributed by atoms with Gasteiger partial charge in [0.2, 0.25) is 0 Å². The SMILES string of the molecule is CCN(CC)c1ccc(N)c(-c2cc(C(=O)N[C@H]3CCCc4ccccc43)ccn2)c1. The van der Waals surface area contributed by atoms with Gasteiger partial charge in [0, 0.05) is 41.8 Å². The minimum Gasteiger partial charge on any atom is -0.398 e. The molecule has 4 rings (SSSR count). The van der Waals surface area contributed by atoms with Crippen LogP contribution in [-0.2, 0) is 6.42 Å². The Morgan fingerprint density at radius 3 is 2.74 bits per heavy atom. The molecule has 0 unspecified atom stereocenters. The maximum absolute atomic E-state index is 13.1. The molecule has 0 spiro atoms. The Bertz CT molecular complexity index is 1070. The van der Waals surface area contributed by atoms with Crippen molar-refractivity contribution in [2.75, 3.05) is 23.7 Å². The number of fused-ring (bicyclic) bond motifs is 1. The van der Waals surface area contributed by atoms with Crippen molar-refractivity contribution < 1.29 is 4.79 Å². The number of rotatable bonds is 6. The van der Waals surface area contributed by atoms with Gasteiger partial charge >= 0.3 is 0 Å². The quantitative estimate of drug-likeness (QED) is 0.558. The van der Waals surface area contributed by atoms with E-state index in [9.17, 15) is 4.79 Å². The molecule has 3 aromatic rings. The average Bonchev–Trinajstić information content (AvgIpc) is 2.81. The number of nitrogens with zero attached hydrogens (tertiary/aromatic N) is 2. The number of nitrogens with one attached hydrogen (secondary N) is 1. The Morgan fingerprint density at radius 1 is 1.13 bits per heavy atom. The first-order chi connectivity index (χ1) is 15.1. The molecule has 0 aliphatic heterocycles. The van der Waals surface area contributed by atoms with Crippen LogP contribution in [-0.4, -0.2) is 24.0 Å². The van der Waals surface area contributed by atoms with E-state index < -0.39 is 0 Å². The van der Waals surface area contributed by atoms with Crippen LogP contribution in [0.4, 0.5) is 11.4 Å². The molecule has 0 saturated carbocycles. The molecule has 1 aromatic heterocycles.